The molecule has 0 amide bonds. The maximum absolute atomic E-state index is 12.0. The minimum Gasteiger partial charge on any atom is -0.277 e. The summed E-state index contributed by atoms with van der Waals surface area (Å²) < 4.78 is 25.5. The van der Waals surface area contributed by atoms with Gasteiger partial charge in [-0.3, -0.25) is 4.57 Å². The Hall–Kier alpha value is -1.95. The Bertz CT molecular complexity index is 760. The van der Waals surface area contributed by atoms with E-state index in [1.54, 1.807) is 17.7 Å². The van der Waals surface area contributed by atoms with E-state index in [-0.39, 0.29) is 10.9 Å². The number of benzene rings is 1. The van der Waals surface area contributed by atoms with Crippen molar-refractivity contribution in [3.05, 3.63) is 41.2 Å². The molecule has 1 aromatic carbocycles. The maximum Gasteiger partial charge on any atom is 0.253 e. The highest BCUT2D eigenvalue weighted by molar-refractivity contribution is 7.91. The summed E-state index contributed by atoms with van der Waals surface area (Å²) in [6, 6.07) is 7.93. The van der Waals surface area contributed by atoms with E-state index in [0.717, 1.165) is 11.1 Å². The summed E-state index contributed by atoms with van der Waals surface area (Å²) in [5.74, 6) is 0.666. The lowest BCUT2D eigenvalue weighted by Gasteiger charge is -2.02. The fourth-order valence-corrected chi connectivity index (χ4v) is 2.99. The molecule has 0 N–H and O–H groups in total. The van der Waals surface area contributed by atoms with Gasteiger partial charge < -0.3 is 0 Å². The van der Waals surface area contributed by atoms with Crippen LogP contribution >= 0.6 is 0 Å². The molecule has 1 aliphatic heterocycles. The van der Waals surface area contributed by atoms with E-state index in [1.165, 1.54) is 0 Å². The van der Waals surface area contributed by atoms with E-state index in [2.05, 4.69) is 10.2 Å². The van der Waals surface area contributed by atoms with Gasteiger partial charge in [-0.25, -0.2) is 8.42 Å². The van der Waals surface area contributed by atoms with Gasteiger partial charge in [0.2, 0.25) is 9.84 Å². The Balaban J connectivity index is 2.16. The lowest BCUT2D eigenvalue weighted by atomic mass is 10.1. The summed E-state index contributed by atoms with van der Waals surface area (Å²) in [6.07, 6.45) is 4.20. The highest BCUT2D eigenvalue weighted by Crippen LogP contribution is 2.22. The fourth-order valence-electron chi connectivity index (χ4n) is 2.10. The van der Waals surface area contributed by atoms with Crippen LogP contribution in [0.3, 0.4) is 0 Å². The monoisotopic (exact) mass is 275 g/mol. The molecule has 0 atom stereocenters. The van der Waals surface area contributed by atoms with Crippen molar-refractivity contribution in [2.24, 2.45) is 0 Å². The Labute approximate surface area is 111 Å². The molecule has 2 aromatic rings. The van der Waals surface area contributed by atoms with E-state index in [4.69, 9.17) is 0 Å². The molecule has 19 heavy (non-hydrogen) atoms. The Kier molecular flexibility index (Phi) is 2.74. The van der Waals surface area contributed by atoms with Gasteiger partial charge in [-0.15, -0.1) is 10.2 Å². The molecule has 0 spiro atoms. The third-order valence-electron chi connectivity index (χ3n) is 3.20. The van der Waals surface area contributed by atoms with E-state index < -0.39 is 9.84 Å². The third-order valence-corrected chi connectivity index (χ3v) is 4.79. The molecule has 1 aliphatic rings. The van der Waals surface area contributed by atoms with Gasteiger partial charge in [0.25, 0.3) is 5.16 Å². The molecule has 0 radical (unpaired) electrons. The quantitative estimate of drug-likeness (QED) is 0.712. The first-order valence-electron chi connectivity index (χ1n) is 6.04. The number of sulfone groups is 1. The molecule has 0 aliphatic carbocycles. The second kappa shape index (κ2) is 4.31. The highest BCUT2D eigenvalue weighted by Gasteiger charge is 2.23. The average molecular weight is 275 g/mol. The molecule has 0 saturated carbocycles. The van der Waals surface area contributed by atoms with Crippen LogP contribution in [-0.2, 0) is 16.3 Å². The molecule has 1 aromatic heterocycles. The van der Waals surface area contributed by atoms with Gasteiger partial charge in [0.05, 0.1) is 5.75 Å². The number of nitrogens with zero attached hydrogens (tertiary/aromatic N) is 3. The number of rotatable bonds is 2. The molecule has 98 valence electrons. The SMILES string of the molecule is CCS(=O)(=O)c1nnc2n1C=Cc1ccccc1C2. The smallest absolute Gasteiger partial charge is 0.253 e. The van der Waals surface area contributed by atoms with Crippen LogP contribution in [0.4, 0.5) is 0 Å². The molecular weight excluding hydrogens is 262 g/mol. The topological polar surface area (TPSA) is 64.8 Å². The van der Waals surface area contributed by atoms with Crippen LogP contribution < -0.4 is 0 Å². The van der Waals surface area contributed by atoms with Crippen molar-refractivity contribution in [2.75, 3.05) is 5.75 Å². The van der Waals surface area contributed by atoms with E-state index in [9.17, 15) is 8.42 Å². The predicted octanol–water partition coefficient (Wildman–Crippen LogP) is 1.60. The molecule has 0 bridgehead atoms. The molecule has 3 rings (SSSR count). The Morgan fingerprint density at radius 2 is 2.05 bits per heavy atom. The highest BCUT2D eigenvalue weighted by atomic mass is 32.2. The lowest BCUT2D eigenvalue weighted by Crippen LogP contribution is -2.10. The summed E-state index contributed by atoms with van der Waals surface area (Å²) in [7, 11) is -3.36. The summed E-state index contributed by atoms with van der Waals surface area (Å²) in [6.45, 7) is 1.60. The van der Waals surface area contributed by atoms with E-state index in [1.807, 2.05) is 30.3 Å². The molecular formula is C13H13N3O2S. The molecule has 6 heteroatoms. The largest absolute Gasteiger partial charge is 0.277 e. The Morgan fingerprint density at radius 1 is 1.26 bits per heavy atom. The fraction of sp³-hybridized carbons (Fsp3) is 0.231. The zero-order valence-electron chi connectivity index (χ0n) is 10.4. The summed E-state index contributed by atoms with van der Waals surface area (Å²) in [5.41, 5.74) is 2.19. The van der Waals surface area contributed by atoms with E-state index in [0.29, 0.717) is 12.2 Å². The first-order chi connectivity index (χ1) is 9.12. The molecule has 5 nitrogen and oxygen atoms in total. The first kappa shape index (κ1) is 12.1. The molecule has 0 fully saturated rings. The normalized spacial score (nSPS) is 13.7. The van der Waals surface area contributed by atoms with Crippen LogP contribution in [0.1, 0.15) is 23.9 Å². The maximum atomic E-state index is 12.0. The van der Waals surface area contributed by atoms with Crippen molar-refractivity contribution in [2.45, 2.75) is 18.5 Å². The van der Waals surface area contributed by atoms with Crippen LogP contribution in [0.25, 0.3) is 12.3 Å². The van der Waals surface area contributed by atoms with E-state index >= 15 is 0 Å². The first-order valence-corrected chi connectivity index (χ1v) is 7.69. The van der Waals surface area contributed by atoms with Crippen LogP contribution in [-0.4, -0.2) is 28.9 Å². The standard InChI is InChI=1S/C13H13N3O2S/c1-2-19(17,18)13-15-14-12-9-11-6-4-3-5-10(11)7-8-16(12)13/h3-8H,2,9H2,1H3. The Morgan fingerprint density at radius 3 is 2.84 bits per heavy atom. The van der Waals surface area contributed by atoms with Crippen LogP contribution in [0, 0.1) is 0 Å². The van der Waals surface area contributed by atoms with Crippen molar-refractivity contribution in [1.82, 2.24) is 14.8 Å². The van der Waals surface area contributed by atoms with Gasteiger partial charge in [0, 0.05) is 12.6 Å². The second-order valence-corrected chi connectivity index (χ2v) is 6.54. The van der Waals surface area contributed by atoms with Gasteiger partial charge >= 0.3 is 0 Å². The van der Waals surface area contributed by atoms with Crippen molar-refractivity contribution < 1.29 is 8.42 Å². The number of hydrogen-bond acceptors (Lipinski definition) is 4. The molecule has 2 heterocycles. The summed E-state index contributed by atoms with van der Waals surface area (Å²) >= 11 is 0. The van der Waals surface area contributed by atoms with Crippen molar-refractivity contribution in [3.63, 3.8) is 0 Å². The van der Waals surface area contributed by atoms with Crippen molar-refractivity contribution >= 4 is 22.1 Å². The summed E-state index contributed by atoms with van der Waals surface area (Å²) in [5, 5.41) is 7.86. The number of hydrogen-bond donors (Lipinski definition) is 0. The molecule has 0 unspecified atom stereocenters. The minimum atomic E-state index is -3.36. The van der Waals surface area contributed by atoms with Gasteiger partial charge in [0.1, 0.15) is 5.82 Å². The zero-order valence-corrected chi connectivity index (χ0v) is 11.3. The van der Waals surface area contributed by atoms with Gasteiger partial charge in [-0.2, -0.15) is 0 Å². The summed E-state index contributed by atoms with van der Waals surface area (Å²) in [4.78, 5) is 0. The van der Waals surface area contributed by atoms with Gasteiger partial charge in [0.15, 0.2) is 0 Å². The van der Waals surface area contributed by atoms with Crippen LogP contribution in [0.5, 0.6) is 0 Å². The third kappa shape index (κ3) is 1.98. The van der Waals surface area contributed by atoms with Gasteiger partial charge in [-0.05, 0) is 17.2 Å². The van der Waals surface area contributed by atoms with Crippen LogP contribution in [0.15, 0.2) is 29.4 Å². The average Bonchev–Trinajstić information content (AvgIpc) is 2.73. The van der Waals surface area contributed by atoms with Crippen molar-refractivity contribution in [3.8, 4) is 0 Å². The zero-order chi connectivity index (χ0) is 13.5. The number of fused-ring (bicyclic) bond motifs is 2. The lowest BCUT2D eigenvalue weighted by molar-refractivity contribution is 0.585. The van der Waals surface area contributed by atoms with Crippen molar-refractivity contribution in [1.29, 1.82) is 0 Å². The van der Waals surface area contributed by atoms with Gasteiger partial charge in [-0.1, -0.05) is 31.2 Å². The molecule has 0 saturated heterocycles. The second-order valence-electron chi connectivity index (χ2n) is 4.36. The van der Waals surface area contributed by atoms with Crippen LogP contribution in [0.2, 0.25) is 0 Å². The minimum absolute atomic E-state index is 0.0198. The predicted molar refractivity (Wildman–Crippen MR) is 72.2 cm³/mol. The number of aromatic nitrogens is 3.